The zero-order valence-corrected chi connectivity index (χ0v) is 24.6. The summed E-state index contributed by atoms with van der Waals surface area (Å²) in [4.78, 5) is 42.0. The van der Waals surface area contributed by atoms with Crippen LogP contribution in [0.2, 0.25) is 0 Å². The van der Waals surface area contributed by atoms with Crippen molar-refractivity contribution in [2.45, 2.75) is 37.4 Å². The Morgan fingerprint density at radius 3 is 2.56 bits per heavy atom. The fraction of sp³-hybridized carbons (Fsp3) is 0.281. The first kappa shape index (κ1) is 28.8. The van der Waals surface area contributed by atoms with Crippen molar-refractivity contribution in [2.24, 2.45) is 17.2 Å². The molecule has 2 amide bonds. The topological polar surface area (TPSA) is 180 Å². The summed E-state index contributed by atoms with van der Waals surface area (Å²) in [6.45, 7) is 2.77. The number of para-hydroxylation sites is 1. The van der Waals surface area contributed by atoms with Gasteiger partial charge in [-0.3, -0.25) is 14.4 Å². The molecule has 1 fully saturated rings. The molecule has 0 spiro atoms. The zero-order chi connectivity index (χ0) is 30.5. The number of aryl methyl sites for hydroxylation is 1. The molecule has 9 N–H and O–H groups in total. The first-order chi connectivity index (χ1) is 20.6. The van der Waals surface area contributed by atoms with Gasteiger partial charge in [-0.05, 0) is 66.8 Å². The van der Waals surface area contributed by atoms with Crippen LogP contribution in [-0.4, -0.2) is 48.2 Å². The number of anilines is 1. The molecule has 43 heavy (non-hydrogen) atoms. The molecule has 2 heterocycles. The van der Waals surface area contributed by atoms with Crippen LogP contribution in [0.5, 0.6) is 11.5 Å². The van der Waals surface area contributed by atoms with Gasteiger partial charge in [-0.2, -0.15) is 0 Å². The number of benzene rings is 3. The van der Waals surface area contributed by atoms with E-state index in [-0.39, 0.29) is 24.4 Å². The van der Waals surface area contributed by atoms with Crippen LogP contribution in [0.3, 0.4) is 0 Å². The molecule has 0 saturated carbocycles. The van der Waals surface area contributed by atoms with E-state index in [2.05, 4.69) is 5.32 Å². The first-order valence-electron chi connectivity index (χ1n) is 14.2. The van der Waals surface area contributed by atoms with Crippen molar-refractivity contribution in [1.29, 1.82) is 0 Å². The summed E-state index contributed by atoms with van der Waals surface area (Å²) in [7, 11) is 0. The number of carbonyl (C=O) groups is 3. The Kier molecular flexibility index (Phi) is 7.43. The molecule has 3 atom stereocenters. The predicted octanol–water partition coefficient (Wildman–Crippen LogP) is 3.05. The van der Waals surface area contributed by atoms with Gasteiger partial charge in [-0.15, -0.1) is 11.3 Å². The Hall–Kier alpha value is -4.29. The Balaban J connectivity index is 1.39. The number of hydrogen-bond donors (Lipinski definition) is 5. The number of ketones is 1. The van der Waals surface area contributed by atoms with Crippen molar-refractivity contribution in [3.05, 3.63) is 87.8 Å². The van der Waals surface area contributed by atoms with Crippen LogP contribution in [0, 0.1) is 6.92 Å². The minimum absolute atomic E-state index is 0.0801. The fourth-order valence-corrected chi connectivity index (χ4v) is 7.50. The highest BCUT2D eigenvalue weighted by molar-refractivity contribution is 7.21. The smallest absolute Gasteiger partial charge is 0.262 e. The lowest BCUT2D eigenvalue weighted by molar-refractivity contribution is -0.131. The van der Waals surface area contributed by atoms with E-state index < -0.39 is 17.4 Å². The zero-order valence-electron chi connectivity index (χ0n) is 23.8. The standard InChI is InChI=1S/C32H34N6O4S/c1-17-14-20(42-19-7-3-2-4-8-19)9-10-21(17)32(36)22-11-12-23(34)28-25(22)26(27(35)30(32)40)29(43-28)31(41)37-18-6-5-13-38(16-18)24(39)15-33/h2-4,7-12,14,18,27H,5-6,13,15-16,33-36H2,1H3,(H,37,41). The largest absolute Gasteiger partial charge is 0.457 e. The molecule has 0 radical (unpaired) electrons. The molecule has 4 aromatic rings. The van der Waals surface area contributed by atoms with Gasteiger partial charge in [-0.25, -0.2) is 0 Å². The minimum Gasteiger partial charge on any atom is -0.457 e. The number of nitrogens with two attached hydrogens (primary N) is 4. The lowest BCUT2D eigenvalue weighted by Gasteiger charge is -2.37. The fourth-order valence-electron chi connectivity index (χ4n) is 6.30. The maximum Gasteiger partial charge on any atom is 0.262 e. The van der Waals surface area contributed by atoms with E-state index in [9.17, 15) is 14.4 Å². The summed E-state index contributed by atoms with van der Waals surface area (Å²) in [6.07, 6.45) is 1.46. The predicted molar refractivity (Wildman–Crippen MR) is 167 cm³/mol. The van der Waals surface area contributed by atoms with Crippen molar-refractivity contribution in [3.63, 3.8) is 0 Å². The number of Topliss-reactive ketones (excluding diaryl/α,β-unsaturated/α-hetero) is 1. The number of thiophene rings is 1. The maximum atomic E-state index is 14.2. The van der Waals surface area contributed by atoms with Crippen molar-refractivity contribution in [3.8, 4) is 11.5 Å². The second-order valence-electron chi connectivity index (χ2n) is 11.1. The molecule has 0 bridgehead atoms. The third kappa shape index (κ3) is 4.84. The van der Waals surface area contributed by atoms with E-state index in [1.807, 2.05) is 43.3 Å². The van der Waals surface area contributed by atoms with Crippen molar-refractivity contribution < 1.29 is 19.1 Å². The van der Waals surface area contributed by atoms with E-state index in [0.29, 0.717) is 68.4 Å². The van der Waals surface area contributed by atoms with Crippen LogP contribution in [-0.2, 0) is 15.1 Å². The highest BCUT2D eigenvalue weighted by atomic mass is 32.1. The summed E-state index contributed by atoms with van der Waals surface area (Å²) in [5.74, 6) is 0.357. The van der Waals surface area contributed by atoms with Crippen LogP contribution in [0.4, 0.5) is 5.69 Å². The van der Waals surface area contributed by atoms with E-state index in [4.69, 9.17) is 27.7 Å². The van der Waals surface area contributed by atoms with Crippen molar-refractivity contribution in [1.82, 2.24) is 10.2 Å². The minimum atomic E-state index is -1.57. The lowest BCUT2D eigenvalue weighted by atomic mass is 9.69. The third-order valence-electron chi connectivity index (χ3n) is 8.40. The molecule has 2 aliphatic rings. The second-order valence-corrected chi connectivity index (χ2v) is 12.2. The van der Waals surface area contributed by atoms with Gasteiger partial charge in [0.05, 0.1) is 22.2 Å². The number of amides is 2. The number of nitrogens with one attached hydrogen (secondary N) is 1. The summed E-state index contributed by atoms with van der Waals surface area (Å²) < 4.78 is 6.65. The Bertz CT molecular complexity index is 1760. The van der Waals surface area contributed by atoms with Gasteiger partial charge in [0.2, 0.25) is 5.91 Å². The van der Waals surface area contributed by atoms with Gasteiger partial charge >= 0.3 is 0 Å². The van der Waals surface area contributed by atoms with Gasteiger partial charge in [0.15, 0.2) is 5.78 Å². The van der Waals surface area contributed by atoms with Gasteiger partial charge in [-0.1, -0.05) is 30.3 Å². The third-order valence-corrected chi connectivity index (χ3v) is 9.66. The molecule has 11 heteroatoms. The van der Waals surface area contributed by atoms with E-state index in [1.165, 1.54) is 11.3 Å². The summed E-state index contributed by atoms with van der Waals surface area (Å²) >= 11 is 1.20. The van der Waals surface area contributed by atoms with Crippen LogP contribution < -0.4 is 33.0 Å². The first-order valence-corrected chi connectivity index (χ1v) is 15.0. The number of likely N-dealkylation sites (tertiary alicyclic amines) is 1. The Labute approximate surface area is 253 Å². The molecular weight excluding hydrogens is 564 g/mol. The van der Waals surface area contributed by atoms with Crippen molar-refractivity contribution in [2.75, 3.05) is 25.4 Å². The monoisotopic (exact) mass is 598 g/mol. The number of nitrogens with zero attached hydrogens (tertiary/aromatic N) is 1. The lowest BCUT2D eigenvalue weighted by Crippen LogP contribution is -2.53. The van der Waals surface area contributed by atoms with Gasteiger partial charge in [0, 0.05) is 35.8 Å². The summed E-state index contributed by atoms with van der Waals surface area (Å²) in [5.41, 5.74) is 26.9. The molecule has 10 nitrogen and oxygen atoms in total. The number of piperidine rings is 1. The molecule has 222 valence electrons. The molecule has 1 aromatic heterocycles. The summed E-state index contributed by atoms with van der Waals surface area (Å²) in [5, 5.41) is 3.69. The normalized spacial score (nSPS) is 21.6. The number of carbonyl (C=O) groups excluding carboxylic acids is 3. The molecule has 3 aromatic carbocycles. The average molecular weight is 599 g/mol. The van der Waals surface area contributed by atoms with Gasteiger partial charge in [0.1, 0.15) is 17.0 Å². The van der Waals surface area contributed by atoms with E-state index >= 15 is 0 Å². The molecule has 6 rings (SSSR count). The number of ether oxygens (including phenoxy) is 1. The molecular formula is C32H34N6O4S. The van der Waals surface area contributed by atoms with Crippen LogP contribution in [0.25, 0.3) is 10.1 Å². The summed E-state index contributed by atoms with van der Waals surface area (Å²) in [6, 6.07) is 16.9. The average Bonchev–Trinajstić information content (AvgIpc) is 3.42. The highest BCUT2D eigenvalue weighted by Crippen LogP contribution is 2.50. The number of nitrogen functional groups attached to an aromatic ring is 1. The van der Waals surface area contributed by atoms with E-state index in [1.54, 1.807) is 29.2 Å². The van der Waals surface area contributed by atoms with Gasteiger partial charge < -0.3 is 37.9 Å². The highest BCUT2D eigenvalue weighted by Gasteiger charge is 2.49. The number of hydrogen-bond acceptors (Lipinski definition) is 9. The van der Waals surface area contributed by atoms with Crippen molar-refractivity contribution >= 4 is 44.7 Å². The SMILES string of the molecule is Cc1cc(Oc2ccccc2)ccc1C1(N)C(=O)C(N)c2c(C(=O)NC3CCCN(C(=O)CN)C3)sc3c(N)ccc1c23. The van der Waals surface area contributed by atoms with Crippen LogP contribution in [0.1, 0.15) is 50.8 Å². The van der Waals surface area contributed by atoms with Crippen LogP contribution in [0.15, 0.2) is 60.7 Å². The van der Waals surface area contributed by atoms with E-state index in [0.717, 1.165) is 12.0 Å². The quantitative estimate of drug-likeness (QED) is 0.210. The molecule has 1 saturated heterocycles. The molecule has 3 unspecified atom stereocenters. The van der Waals surface area contributed by atoms with Crippen LogP contribution >= 0.6 is 11.3 Å². The van der Waals surface area contributed by atoms with Gasteiger partial charge in [0.25, 0.3) is 5.91 Å². The molecule has 1 aliphatic heterocycles. The Morgan fingerprint density at radius 2 is 1.84 bits per heavy atom. The maximum absolute atomic E-state index is 14.2. The Morgan fingerprint density at radius 1 is 1.09 bits per heavy atom. The number of rotatable bonds is 6. The molecule has 1 aliphatic carbocycles. The second kappa shape index (κ2) is 11.1.